The van der Waals surface area contributed by atoms with E-state index in [9.17, 15) is 0 Å². The van der Waals surface area contributed by atoms with Crippen LogP contribution < -0.4 is 0 Å². The minimum Gasteiger partial charge on any atom is -0.195 e. The van der Waals surface area contributed by atoms with Crippen LogP contribution in [0.4, 0.5) is 0 Å². The predicted molar refractivity (Wildman–Crippen MR) is 25.9 cm³/mol. The maximum Gasteiger partial charge on any atom is 0.0570 e. The lowest BCUT2D eigenvalue weighted by molar-refractivity contribution is 0.905. The van der Waals surface area contributed by atoms with Gasteiger partial charge in [0.05, 0.1) is 13.1 Å². The Morgan fingerprint density at radius 3 is 1.50 bits per heavy atom. The zero-order chi connectivity index (χ0) is 4.83. The van der Waals surface area contributed by atoms with E-state index in [1.165, 1.54) is 0 Å². The maximum absolute atomic E-state index is 3.72. The second kappa shape index (κ2) is 4.60. The lowest BCUT2D eigenvalue weighted by Gasteiger charge is -1.73. The molecule has 0 spiro atoms. The zero-order valence-corrected chi connectivity index (χ0v) is 4.31. The molecule has 0 aromatic rings. The highest BCUT2D eigenvalue weighted by molar-refractivity contribution is 4.24. The summed E-state index contributed by atoms with van der Waals surface area (Å²) in [6.07, 6.45) is 0. The van der Waals surface area contributed by atoms with Gasteiger partial charge in [-0.1, -0.05) is 0 Å². The fourth-order valence-electron chi connectivity index (χ4n) is 0.200. The molecule has 0 atom stereocenters. The highest BCUT2D eigenvalue weighted by atomic mass is 15.1. The molecule has 0 aliphatic heterocycles. The first-order chi connectivity index (χ1) is 2.91. The minimum absolute atomic E-state index is 0.813. The van der Waals surface area contributed by atoms with E-state index < -0.39 is 0 Å². The summed E-state index contributed by atoms with van der Waals surface area (Å²) in [5.74, 6) is 0. The Balaban J connectivity index is 2.73. The summed E-state index contributed by atoms with van der Waals surface area (Å²) < 4.78 is 0. The van der Waals surface area contributed by atoms with E-state index in [-0.39, 0.29) is 0 Å². The van der Waals surface area contributed by atoms with Crippen LogP contribution in [0.15, 0.2) is 10.2 Å². The molecule has 0 aromatic carbocycles. The predicted octanol–water partition coefficient (Wildman–Crippen LogP) is 1.48. The molecule has 6 heavy (non-hydrogen) atoms. The lowest BCUT2D eigenvalue weighted by atomic mass is 10.8. The number of azo groups is 1. The van der Waals surface area contributed by atoms with Gasteiger partial charge in [0.15, 0.2) is 0 Å². The average Bonchev–Trinajstić information content (AvgIpc) is 1.61. The number of nitrogens with zero attached hydrogens (tertiary/aromatic N) is 2. The summed E-state index contributed by atoms with van der Waals surface area (Å²) >= 11 is 0. The van der Waals surface area contributed by atoms with Gasteiger partial charge in [0.1, 0.15) is 0 Å². The van der Waals surface area contributed by atoms with Crippen molar-refractivity contribution in [1.82, 2.24) is 0 Å². The SMILES string of the molecule is CCN=NCC. The van der Waals surface area contributed by atoms with Crippen molar-refractivity contribution in [1.29, 1.82) is 0 Å². The van der Waals surface area contributed by atoms with E-state index >= 15 is 0 Å². The van der Waals surface area contributed by atoms with Crippen molar-refractivity contribution in [3.63, 3.8) is 0 Å². The quantitative estimate of drug-likeness (QED) is 0.455. The summed E-state index contributed by atoms with van der Waals surface area (Å²) in [4.78, 5) is 0. The van der Waals surface area contributed by atoms with Crippen LogP contribution in [0.2, 0.25) is 0 Å². The van der Waals surface area contributed by atoms with Crippen molar-refractivity contribution in [3.05, 3.63) is 0 Å². The first-order valence-electron chi connectivity index (χ1n) is 2.25. The molecule has 2 heteroatoms. The van der Waals surface area contributed by atoms with Gasteiger partial charge in [0.25, 0.3) is 0 Å². The molecule has 0 N–H and O–H groups in total. The van der Waals surface area contributed by atoms with Gasteiger partial charge in [-0.05, 0) is 13.8 Å². The summed E-state index contributed by atoms with van der Waals surface area (Å²) in [7, 11) is 0. The number of hydrogen-bond acceptors (Lipinski definition) is 2. The van der Waals surface area contributed by atoms with Crippen molar-refractivity contribution < 1.29 is 0 Å². The van der Waals surface area contributed by atoms with Crippen molar-refractivity contribution in [2.45, 2.75) is 13.8 Å². The van der Waals surface area contributed by atoms with E-state index in [0.29, 0.717) is 0 Å². The van der Waals surface area contributed by atoms with E-state index in [0.717, 1.165) is 13.1 Å². The van der Waals surface area contributed by atoms with Crippen molar-refractivity contribution in [2.75, 3.05) is 13.1 Å². The van der Waals surface area contributed by atoms with Crippen LogP contribution in [0.1, 0.15) is 13.8 Å². The van der Waals surface area contributed by atoms with Crippen LogP contribution in [0.3, 0.4) is 0 Å². The van der Waals surface area contributed by atoms with Crippen molar-refractivity contribution in [2.24, 2.45) is 10.2 Å². The molecule has 0 unspecified atom stereocenters. The standard InChI is InChI=1S/C4H10N2/c1-3-5-6-4-2/h3-4H2,1-2H3. The van der Waals surface area contributed by atoms with Crippen LogP contribution in [-0.2, 0) is 0 Å². The Hall–Kier alpha value is -0.400. The van der Waals surface area contributed by atoms with Crippen molar-refractivity contribution in [3.8, 4) is 0 Å². The van der Waals surface area contributed by atoms with E-state index in [4.69, 9.17) is 0 Å². The van der Waals surface area contributed by atoms with E-state index in [1.807, 2.05) is 13.8 Å². The van der Waals surface area contributed by atoms with Gasteiger partial charge < -0.3 is 0 Å². The third-order valence-corrected chi connectivity index (χ3v) is 0.383. The smallest absolute Gasteiger partial charge is 0.0570 e. The second-order valence-electron chi connectivity index (χ2n) is 0.915. The average molecular weight is 86.1 g/mol. The first-order valence-corrected chi connectivity index (χ1v) is 2.25. The fraction of sp³-hybridized carbons (Fsp3) is 1.00. The molecular formula is C4H10N2. The monoisotopic (exact) mass is 86.1 g/mol. The minimum atomic E-state index is 0.813. The van der Waals surface area contributed by atoms with Crippen molar-refractivity contribution >= 4 is 0 Å². The molecule has 0 radical (unpaired) electrons. The summed E-state index contributed by atoms with van der Waals surface area (Å²) in [5.41, 5.74) is 0. The molecule has 0 amide bonds. The summed E-state index contributed by atoms with van der Waals surface area (Å²) in [6, 6.07) is 0. The van der Waals surface area contributed by atoms with Crippen LogP contribution in [0.25, 0.3) is 0 Å². The molecule has 2 nitrogen and oxygen atoms in total. The largest absolute Gasteiger partial charge is 0.195 e. The van der Waals surface area contributed by atoms with E-state index in [2.05, 4.69) is 10.2 Å². The van der Waals surface area contributed by atoms with Crippen LogP contribution in [0, 0.1) is 0 Å². The Morgan fingerprint density at radius 1 is 1.00 bits per heavy atom. The number of hydrogen-bond donors (Lipinski definition) is 0. The first kappa shape index (κ1) is 5.60. The zero-order valence-electron chi connectivity index (χ0n) is 4.31. The van der Waals surface area contributed by atoms with Crippen LogP contribution in [-0.4, -0.2) is 13.1 Å². The summed E-state index contributed by atoms with van der Waals surface area (Å²) in [6.45, 7) is 5.57. The van der Waals surface area contributed by atoms with Gasteiger partial charge in [-0.15, -0.1) is 0 Å². The molecule has 0 aromatic heterocycles. The van der Waals surface area contributed by atoms with Gasteiger partial charge in [0, 0.05) is 0 Å². The van der Waals surface area contributed by atoms with Crippen LogP contribution >= 0.6 is 0 Å². The normalized spacial score (nSPS) is 10.3. The molecule has 36 valence electrons. The molecule has 0 fully saturated rings. The third kappa shape index (κ3) is 3.60. The molecule has 0 saturated heterocycles. The molecule has 0 aliphatic rings. The van der Waals surface area contributed by atoms with Crippen LogP contribution in [0.5, 0.6) is 0 Å². The Bertz CT molecular complexity index is 34.8. The molecule has 0 bridgehead atoms. The van der Waals surface area contributed by atoms with Gasteiger partial charge >= 0.3 is 0 Å². The highest BCUT2D eigenvalue weighted by Crippen LogP contribution is 1.69. The fourth-order valence-corrected chi connectivity index (χ4v) is 0.200. The van der Waals surface area contributed by atoms with Gasteiger partial charge in [-0.3, -0.25) is 0 Å². The van der Waals surface area contributed by atoms with Gasteiger partial charge in [-0.25, -0.2) is 0 Å². The Kier molecular flexibility index (Phi) is 4.29. The van der Waals surface area contributed by atoms with E-state index in [1.54, 1.807) is 0 Å². The highest BCUT2D eigenvalue weighted by Gasteiger charge is 1.60. The molecule has 0 aliphatic carbocycles. The molecule has 0 rings (SSSR count). The maximum atomic E-state index is 3.72. The Labute approximate surface area is 38.3 Å². The summed E-state index contributed by atoms with van der Waals surface area (Å²) in [5, 5.41) is 7.43. The Morgan fingerprint density at radius 2 is 1.33 bits per heavy atom. The molecular weight excluding hydrogens is 76.1 g/mol. The molecule has 0 heterocycles. The second-order valence-corrected chi connectivity index (χ2v) is 0.915. The van der Waals surface area contributed by atoms with Gasteiger partial charge in [0.2, 0.25) is 0 Å². The number of rotatable bonds is 2. The van der Waals surface area contributed by atoms with Gasteiger partial charge in [-0.2, -0.15) is 10.2 Å². The molecule has 0 saturated carbocycles. The lowest BCUT2D eigenvalue weighted by Crippen LogP contribution is -1.65. The topological polar surface area (TPSA) is 24.7 Å². The third-order valence-electron chi connectivity index (χ3n) is 0.383.